The van der Waals surface area contributed by atoms with E-state index in [-0.39, 0.29) is 48.9 Å². The number of fused-ring (bicyclic) bond motifs is 8. The fourth-order valence-electron chi connectivity index (χ4n) is 13.4. The van der Waals surface area contributed by atoms with Gasteiger partial charge >= 0.3 is 12.2 Å². The van der Waals surface area contributed by atoms with Crippen molar-refractivity contribution in [3.63, 3.8) is 0 Å². The molecule has 0 aromatic heterocycles. The fraction of sp³-hybridized carbons (Fsp3) is 0.679. The van der Waals surface area contributed by atoms with Crippen molar-refractivity contribution in [2.75, 3.05) is 26.2 Å². The molecule has 0 heterocycles. The quantitative estimate of drug-likeness (QED) is 0.137. The number of hydrogen-bond donors (Lipinski definition) is 2. The molecule has 2 N–H and O–H groups in total. The van der Waals surface area contributed by atoms with Gasteiger partial charge in [-0.1, -0.05) is 114 Å². The zero-order valence-electron chi connectivity index (χ0n) is 38.8. The van der Waals surface area contributed by atoms with Gasteiger partial charge in [0.25, 0.3) is 0 Å². The zero-order chi connectivity index (χ0) is 43.7. The van der Waals surface area contributed by atoms with Gasteiger partial charge in [-0.15, -0.1) is 0 Å². The molecule has 5 aliphatic rings. The third-order valence-corrected chi connectivity index (χ3v) is 16.5. The molecule has 8 atom stereocenters. The van der Waals surface area contributed by atoms with Gasteiger partial charge in [-0.3, -0.25) is 4.79 Å². The molecule has 61 heavy (non-hydrogen) atoms. The van der Waals surface area contributed by atoms with Gasteiger partial charge in [0.1, 0.15) is 5.60 Å². The molecule has 0 saturated heterocycles. The number of carbonyl (C=O) groups excluding carboxylic acids is 2. The molecule has 8 heteroatoms. The van der Waals surface area contributed by atoms with Gasteiger partial charge in [0.05, 0.1) is 0 Å². The SMILES string of the molecule is CC(C)CCC[C@@H](C)[C@H]1CCC2C3CC=C4C[C@@H](N(CCCNC(=O)CCN(CC5c6ccccc6-c6ccccc65)C(=O)O)C(=O)OC(C)(C)C)CC[C@]4(C)C3CC[C@@]21C. The summed E-state index contributed by atoms with van der Waals surface area (Å²) in [6, 6.07) is 16.4. The van der Waals surface area contributed by atoms with Crippen LogP contribution in [0, 0.1) is 46.3 Å². The minimum absolute atomic E-state index is 0.0628. The number of carbonyl (C=O) groups is 3. The highest BCUT2D eigenvalue weighted by atomic mass is 16.6. The molecule has 0 bridgehead atoms. The Labute approximate surface area is 367 Å². The highest BCUT2D eigenvalue weighted by Crippen LogP contribution is 2.67. The number of nitrogens with one attached hydrogen (secondary N) is 1. The molecule has 0 radical (unpaired) electrons. The summed E-state index contributed by atoms with van der Waals surface area (Å²) >= 11 is 0. The average molecular weight is 836 g/mol. The summed E-state index contributed by atoms with van der Waals surface area (Å²) in [4.78, 5) is 42.8. The van der Waals surface area contributed by atoms with Crippen molar-refractivity contribution in [1.29, 1.82) is 0 Å². The second-order valence-corrected chi connectivity index (χ2v) is 21.8. The van der Waals surface area contributed by atoms with E-state index in [9.17, 15) is 19.5 Å². The van der Waals surface area contributed by atoms with E-state index >= 15 is 0 Å². The van der Waals surface area contributed by atoms with E-state index in [2.05, 4.69) is 70.3 Å². The van der Waals surface area contributed by atoms with Gasteiger partial charge in [0.2, 0.25) is 5.91 Å². The van der Waals surface area contributed by atoms with Gasteiger partial charge in [0.15, 0.2) is 0 Å². The number of benzene rings is 2. The number of nitrogens with zero attached hydrogens (tertiary/aromatic N) is 2. The molecular weight excluding hydrogens is 759 g/mol. The van der Waals surface area contributed by atoms with Crippen LogP contribution in [0.3, 0.4) is 0 Å². The van der Waals surface area contributed by atoms with Crippen LogP contribution in [0.4, 0.5) is 9.59 Å². The zero-order valence-corrected chi connectivity index (χ0v) is 38.8. The number of rotatable bonds is 15. The highest BCUT2D eigenvalue weighted by Gasteiger charge is 2.59. The van der Waals surface area contributed by atoms with Crippen molar-refractivity contribution < 1.29 is 24.2 Å². The summed E-state index contributed by atoms with van der Waals surface area (Å²) in [5, 5.41) is 13.2. The van der Waals surface area contributed by atoms with Crippen LogP contribution < -0.4 is 5.32 Å². The Hall–Kier alpha value is -3.81. The standard InChI is InChI=1S/C53H77N3O5/c1-35(2)15-13-16-36(3)45-23-24-46-43-22-21-37-33-38(25-28-52(37,7)47(43)26-29-53(45,46)8)56(50(60)61-51(4,5)6)31-14-30-54-48(57)27-32-55(49(58)59)34-44-41-19-11-9-17-39(41)40-18-10-12-20-42(40)44/h9-12,17-21,35-36,38,43-47H,13-16,22-34H2,1-8H3,(H,54,57)(H,58,59)/t36-,38+,43?,45-,46?,47?,52+,53-/m1/s1. The number of ether oxygens (including phenoxy) is 1. The maximum atomic E-state index is 13.9. The van der Waals surface area contributed by atoms with Crippen molar-refractivity contribution >= 4 is 18.1 Å². The second-order valence-electron chi connectivity index (χ2n) is 21.8. The van der Waals surface area contributed by atoms with E-state index in [0.717, 1.165) is 71.1 Å². The summed E-state index contributed by atoms with van der Waals surface area (Å²) in [7, 11) is 0. The molecule has 0 spiro atoms. The van der Waals surface area contributed by atoms with E-state index in [1.165, 1.54) is 56.3 Å². The Bertz CT molecular complexity index is 1870. The summed E-state index contributed by atoms with van der Waals surface area (Å²) < 4.78 is 6.01. The summed E-state index contributed by atoms with van der Waals surface area (Å²) in [5.74, 6) is 4.49. The smallest absolute Gasteiger partial charge is 0.410 e. The first kappa shape index (κ1) is 45.2. The van der Waals surface area contributed by atoms with E-state index < -0.39 is 11.7 Å². The average Bonchev–Trinajstić information content (AvgIpc) is 3.73. The molecule has 3 saturated carbocycles. The molecule has 2 aromatic rings. The van der Waals surface area contributed by atoms with Crippen LogP contribution in [0.2, 0.25) is 0 Å². The molecule has 8 nitrogen and oxygen atoms in total. The maximum Gasteiger partial charge on any atom is 0.410 e. The van der Waals surface area contributed by atoms with E-state index in [4.69, 9.17) is 4.74 Å². The lowest BCUT2D eigenvalue weighted by Crippen LogP contribution is -2.53. The van der Waals surface area contributed by atoms with Crippen molar-refractivity contribution in [2.45, 2.75) is 156 Å². The maximum absolute atomic E-state index is 13.9. The largest absolute Gasteiger partial charge is 0.465 e. The molecule has 5 aliphatic carbocycles. The number of allylic oxidation sites excluding steroid dienone is 1. The Morgan fingerprint density at radius 2 is 1.56 bits per heavy atom. The topological polar surface area (TPSA) is 99.2 Å². The fourth-order valence-corrected chi connectivity index (χ4v) is 13.4. The number of carboxylic acid groups (broad SMARTS) is 1. The monoisotopic (exact) mass is 836 g/mol. The van der Waals surface area contributed by atoms with Gasteiger partial charge in [0, 0.05) is 44.6 Å². The first-order valence-electron chi connectivity index (χ1n) is 24.1. The molecule has 0 aliphatic heterocycles. The normalized spacial score (nSPS) is 28.4. The van der Waals surface area contributed by atoms with Gasteiger partial charge < -0.3 is 25.0 Å². The van der Waals surface area contributed by atoms with Crippen LogP contribution in [0.15, 0.2) is 60.2 Å². The third kappa shape index (κ3) is 9.59. The molecule has 3 unspecified atom stereocenters. The van der Waals surface area contributed by atoms with Crippen LogP contribution in [-0.2, 0) is 9.53 Å². The Balaban J connectivity index is 0.938. The van der Waals surface area contributed by atoms with Crippen molar-refractivity contribution in [3.05, 3.63) is 71.3 Å². The second kappa shape index (κ2) is 18.5. The van der Waals surface area contributed by atoms with Crippen molar-refractivity contribution in [1.82, 2.24) is 15.1 Å². The van der Waals surface area contributed by atoms with Crippen LogP contribution in [0.1, 0.15) is 156 Å². The van der Waals surface area contributed by atoms with Crippen molar-refractivity contribution in [3.8, 4) is 11.1 Å². The Morgan fingerprint density at radius 1 is 0.869 bits per heavy atom. The Kier molecular flexibility index (Phi) is 13.7. The molecule has 7 rings (SSSR count). The van der Waals surface area contributed by atoms with Gasteiger partial charge in [-0.25, -0.2) is 9.59 Å². The molecule has 334 valence electrons. The molecular formula is C53H77N3O5. The van der Waals surface area contributed by atoms with E-state index in [1.807, 2.05) is 49.9 Å². The van der Waals surface area contributed by atoms with Crippen LogP contribution in [0.25, 0.3) is 11.1 Å². The van der Waals surface area contributed by atoms with Gasteiger partial charge in [-0.05, 0) is 147 Å². The summed E-state index contributed by atoms with van der Waals surface area (Å²) in [6.07, 6.45) is 15.7. The molecule has 3 amide bonds. The summed E-state index contributed by atoms with van der Waals surface area (Å²) in [5.41, 5.74) is 6.13. The molecule has 2 aromatic carbocycles. The van der Waals surface area contributed by atoms with Crippen molar-refractivity contribution in [2.24, 2.45) is 46.3 Å². The molecule has 3 fully saturated rings. The number of amides is 3. The third-order valence-electron chi connectivity index (χ3n) is 16.5. The van der Waals surface area contributed by atoms with E-state index in [1.54, 1.807) is 5.57 Å². The highest BCUT2D eigenvalue weighted by molar-refractivity contribution is 5.80. The first-order chi connectivity index (χ1) is 29.0. The number of hydrogen-bond acceptors (Lipinski definition) is 4. The van der Waals surface area contributed by atoms with Crippen LogP contribution in [-0.4, -0.2) is 70.8 Å². The van der Waals surface area contributed by atoms with Crippen LogP contribution in [0.5, 0.6) is 0 Å². The lowest BCUT2D eigenvalue weighted by molar-refractivity contribution is -0.121. The predicted octanol–water partition coefficient (Wildman–Crippen LogP) is 12.3. The lowest BCUT2D eigenvalue weighted by atomic mass is 9.46. The Morgan fingerprint density at radius 3 is 2.21 bits per heavy atom. The summed E-state index contributed by atoms with van der Waals surface area (Å²) in [6.45, 7) is 19.6. The minimum Gasteiger partial charge on any atom is -0.465 e. The lowest BCUT2D eigenvalue weighted by Gasteiger charge is -2.59. The predicted molar refractivity (Wildman–Crippen MR) is 245 cm³/mol. The first-order valence-corrected chi connectivity index (χ1v) is 24.1. The van der Waals surface area contributed by atoms with E-state index in [0.29, 0.717) is 30.8 Å². The minimum atomic E-state index is -1.03. The van der Waals surface area contributed by atoms with Gasteiger partial charge in [-0.2, -0.15) is 0 Å². The van der Waals surface area contributed by atoms with Crippen LogP contribution >= 0.6 is 0 Å².